The molecule has 1 aliphatic heterocycles. The van der Waals surface area contributed by atoms with Crippen LogP contribution >= 0.6 is 22.9 Å². The zero-order valence-electron chi connectivity index (χ0n) is 14.6. The van der Waals surface area contributed by atoms with E-state index >= 15 is 0 Å². The first-order valence-electron chi connectivity index (χ1n) is 8.56. The molecule has 0 aliphatic carbocycles. The molecule has 5 nitrogen and oxygen atoms in total. The predicted octanol–water partition coefficient (Wildman–Crippen LogP) is 4.32. The molecular weight excluding hydrogens is 370 g/mol. The van der Waals surface area contributed by atoms with Crippen molar-refractivity contribution in [1.29, 1.82) is 0 Å². The minimum atomic E-state index is -0.265. The maximum atomic E-state index is 12.9. The Balaban J connectivity index is 1.77. The minimum absolute atomic E-state index is 0.0362. The molecule has 1 N–H and O–H groups in total. The first-order valence-corrected chi connectivity index (χ1v) is 9.75. The second kappa shape index (κ2) is 6.52. The van der Waals surface area contributed by atoms with E-state index in [2.05, 4.69) is 10.3 Å². The Morgan fingerprint density at radius 1 is 1.31 bits per heavy atom. The average Bonchev–Trinajstić information content (AvgIpc) is 2.94. The fraction of sp³-hybridized carbons (Fsp3) is 0.316. The van der Waals surface area contributed by atoms with Crippen molar-refractivity contribution in [3.8, 4) is 0 Å². The molecule has 0 fully saturated rings. The lowest BCUT2D eigenvalue weighted by Gasteiger charge is -2.16. The highest BCUT2D eigenvalue weighted by molar-refractivity contribution is 7.20. The van der Waals surface area contributed by atoms with E-state index in [-0.39, 0.29) is 11.5 Å². The fourth-order valence-corrected chi connectivity index (χ4v) is 4.72. The molecule has 4 rings (SSSR count). The van der Waals surface area contributed by atoms with Gasteiger partial charge >= 0.3 is 0 Å². The molecular formula is C19H18ClN3O2S. The Morgan fingerprint density at radius 2 is 2.12 bits per heavy atom. The van der Waals surface area contributed by atoms with Crippen molar-refractivity contribution in [2.45, 2.75) is 39.7 Å². The van der Waals surface area contributed by atoms with Gasteiger partial charge in [0.05, 0.1) is 21.0 Å². The van der Waals surface area contributed by atoms with Gasteiger partial charge in [0.2, 0.25) is 0 Å². The first-order chi connectivity index (χ1) is 12.5. The number of thiophene rings is 1. The van der Waals surface area contributed by atoms with Crippen LogP contribution in [0, 0.1) is 13.8 Å². The van der Waals surface area contributed by atoms with Crippen LogP contribution in [0.1, 0.15) is 39.5 Å². The summed E-state index contributed by atoms with van der Waals surface area (Å²) in [4.78, 5) is 31.4. The number of carbonyl (C=O) groups is 1. The third kappa shape index (κ3) is 2.83. The molecule has 3 heterocycles. The van der Waals surface area contributed by atoms with Gasteiger partial charge in [0.25, 0.3) is 11.5 Å². The highest BCUT2D eigenvalue weighted by atomic mass is 35.5. The standard InChI is InChI=1S/C19H18ClN3O2S/c1-10-6-7-13(12(20)9-10)21-17(24)16-11(2)15-18(26-16)22-14-5-3-4-8-23(14)19(15)25/h6-7,9H,3-5,8H2,1-2H3,(H,21,24). The number of fused-ring (bicyclic) bond motifs is 2. The van der Waals surface area contributed by atoms with E-state index in [4.69, 9.17) is 11.6 Å². The molecule has 0 radical (unpaired) electrons. The number of rotatable bonds is 2. The zero-order valence-corrected chi connectivity index (χ0v) is 16.1. The number of hydrogen-bond acceptors (Lipinski definition) is 4. The number of amides is 1. The highest BCUT2D eigenvalue weighted by Crippen LogP contribution is 2.30. The van der Waals surface area contributed by atoms with Crippen LogP contribution in [0.3, 0.4) is 0 Å². The largest absolute Gasteiger partial charge is 0.320 e. The lowest BCUT2D eigenvalue weighted by atomic mass is 10.1. The summed E-state index contributed by atoms with van der Waals surface area (Å²) in [5.41, 5.74) is 2.23. The van der Waals surface area contributed by atoms with E-state index in [1.165, 1.54) is 11.3 Å². The number of aryl methyl sites for hydroxylation is 3. The number of carbonyl (C=O) groups excluding carboxylic acids is 1. The molecule has 0 unspecified atom stereocenters. The molecule has 1 aromatic carbocycles. The minimum Gasteiger partial charge on any atom is -0.320 e. The lowest BCUT2D eigenvalue weighted by molar-refractivity contribution is 0.103. The Labute approximate surface area is 159 Å². The van der Waals surface area contributed by atoms with Crippen molar-refractivity contribution in [2.24, 2.45) is 0 Å². The van der Waals surface area contributed by atoms with Crippen molar-refractivity contribution in [1.82, 2.24) is 9.55 Å². The maximum Gasteiger partial charge on any atom is 0.266 e. The topological polar surface area (TPSA) is 64.0 Å². The third-order valence-corrected chi connectivity index (χ3v) is 6.24. The normalized spacial score (nSPS) is 13.7. The van der Waals surface area contributed by atoms with Gasteiger partial charge in [0.15, 0.2) is 0 Å². The molecule has 0 atom stereocenters. The van der Waals surface area contributed by atoms with Crippen LogP contribution in [-0.2, 0) is 13.0 Å². The van der Waals surface area contributed by atoms with Gasteiger partial charge in [-0.1, -0.05) is 17.7 Å². The van der Waals surface area contributed by atoms with Crippen LogP contribution in [0.5, 0.6) is 0 Å². The van der Waals surface area contributed by atoms with Crippen molar-refractivity contribution in [3.05, 3.63) is 55.4 Å². The van der Waals surface area contributed by atoms with E-state index in [0.29, 0.717) is 37.9 Å². The van der Waals surface area contributed by atoms with E-state index in [9.17, 15) is 9.59 Å². The number of aromatic nitrogens is 2. The van der Waals surface area contributed by atoms with Gasteiger partial charge < -0.3 is 5.32 Å². The summed E-state index contributed by atoms with van der Waals surface area (Å²) in [5.74, 6) is 0.558. The molecule has 26 heavy (non-hydrogen) atoms. The van der Waals surface area contributed by atoms with Gasteiger partial charge in [-0.15, -0.1) is 11.3 Å². The second-order valence-corrected chi connectivity index (χ2v) is 8.02. The van der Waals surface area contributed by atoms with Gasteiger partial charge in [-0.25, -0.2) is 4.98 Å². The first kappa shape index (κ1) is 17.2. The highest BCUT2D eigenvalue weighted by Gasteiger charge is 2.23. The van der Waals surface area contributed by atoms with Crippen LogP contribution in [0.2, 0.25) is 5.02 Å². The summed E-state index contributed by atoms with van der Waals surface area (Å²) in [6.07, 6.45) is 2.84. The average molecular weight is 388 g/mol. The summed E-state index contributed by atoms with van der Waals surface area (Å²) in [6, 6.07) is 5.47. The van der Waals surface area contributed by atoms with Gasteiger partial charge in [-0.05, 0) is 49.9 Å². The molecule has 3 aromatic rings. The van der Waals surface area contributed by atoms with Crippen molar-refractivity contribution >= 4 is 44.7 Å². The van der Waals surface area contributed by atoms with Crippen LogP contribution in [0.15, 0.2) is 23.0 Å². The molecule has 0 saturated carbocycles. The quantitative estimate of drug-likeness (QED) is 0.712. The van der Waals surface area contributed by atoms with Crippen molar-refractivity contribution < 1.29 is 4.79 Å². The Morgan fingerprint density at radius 3 is 2.88 bits per heavy atom. The zero-order chi connectivity index (χ0) is 18.4. The van der Waals surface area contributed by atoms with E-state index < -0.39 is 0 Å². The molecule has 2 aromatic heterocycles. The molecule has 1 amide bonds. The molecule has 0 spiro atoms. The number of nitrogens with zero attached hydrogens (tertiary/aromatic N) is 2. The fourth-order valence-electron chi connectivity index (χ4n) is 3.35. The second-order valence-electron chi connectivity index (χ2n) is 6.62. The SMILES string of the molecule is Cc1ccc(NC(=O)c2sc3nc4n(c(=O)c3c2C)CCCC4)c(Cl)c1. The molecule has 0 saturated heterocycles. The van der Waals surface area contributed by atoms with Gasteiger partial charge in [0.1, 0.15) is 10.7 Å². The van der Waals surface area contributed by atoms with E-state index in [1.54, 1.807) is 16.7 Å². The van der Waals surface area contributed by atoms with Crippen molar-refractivity contribution in [3.63, 3.8) is 0 Å². The predicted molar refractivity (Wildman–Crippen MR) is 106 cm³/mol. The molecule has 7 heteroatoms. The molecule has 0 bridgehead atoms. The van der Waals surface area contributed by atoms with Gasteiger partial charge in [0, 0.05) is 13.0 Å². The summed E-state index contributed by atoms with van der Waals surface area (Å²) in [5, 5.41) is 3.90. The van der Waals surface area contributed by atoms with Crippen molar-refractivity contribution in [2.75, 3.05) is 5.32 Å². The number of hydrogen-bond donors (Lipinski definition) is 1. The van der Waals surface area contributed by atoms with Crippen LogP contribution < -0.4 is 10.9 Å². The molecule has 134 valence electrons. The Hall–Kier alpha value is -2.18. The van der Waals surface area contributed by atoms with Gasteiger partial charge in [-0.2, -0.15) is 0 Å². The Bertz CT molecular complexity index is 1100. The summed E-state index contributed by atoms with van der Waals surface area (Å²) in [7, 11) is 0. The van der Waals surface area contributed by atoms with E-state index in [1.807, 2.05) is 19.9 Å². The van der Waals surface area contributed by atoms with Crippen LogP contribution in [0.4, 0.5) is 5.69 Å². The third-order valence-electron chi connectivity index (χ3n) is 4.74. The van der Waals surface area contributed by atoms with Crippen LogP contribution in [-0.4, -0.2) is 15.5 Å². The number of benzene rings is 1. The summed E-state index contributed by atoms with van der Waals surface area (Å²) < 4.78 is 1.75. The number of halogens is 1. The van der Waals surface area contributed by atoms with Crippen LogP contribution in [0.25, 0.3) is 10.2 Å². The summed E-state index contributed by atoms with van der Waals surface area (Å²) in [6.45, 7) is 4.45. The smallest absolute Gasteiger partial charge is 0.266 e. The monoisotopic (exact) mass is 387 g/mol. The maximum absolute atomic E-state index is 12.9. The molecule has 1 aliphatic rings. The lowest BCUT2D eigenvalue weighted by Crippen LogP contribution is -2.28. The van der Waals surface area contributed by atoms with E-state index in [0.717, 1.165) is 30.7 Å². The number of anilines is 1. The summed E-state index contributed by atoms with van der Waals surface area (Å²) >= 11 is 7.48. The van der Waals surface area contributed by atoms with Gasteiger partial charge in [-0.3, -0.25) is 14.2 Å². The Kier molecular flexibility index (Phi) is 4.32. The number of nitrogens with one attached hydrogen (secondary N) is 1.